The van der Waals surface area contributed by atoms with Gasteiger partial charge in [0.05, 0.1) is 16.7 Å². The van der Waals surface area contributed by atoms with Gasteiger partial charge in [0.2, 0.25) is 0 Å². The van der Waals surface area contributed by atoms with Gasteiger partial charge >= 0.3 is 0 Å². The van der Waals surface area contributed by atoms with Crippen LogP contribution in [-0.2, 0) is 10.8 Å². The highest BCUT2D eigenvalue weighted by atomic mass is 16.3. The van der Waals surface area contributed by atoms with Crippen LogP contribution in [0.4, 0.5) is 34.1 Å². The van der Waals surface area contributed by atoms with Gasteiger partial charge in [0, 0.05) is 77.6 Å². The summed E-state index contributed by atoms with van der Waals surface area (Å²) in [5.41, 5.74) is 29.1. The molecule has 0 amide bonds. The van der Waals surface area contributed by atoms with E-state index in [1.165, 1.54) is 60.5 Å². The van der Waals surface area contributed by atoms with Crippen molar-refractivity contribution in [1.82, 2.24) is 4.57 Å². The summed E-state index contributed by atoms with van der Waals surface area (Å²) in [6.07, 6.45) is 0. The van der Waals surface area contributed by atoms with E-state index in [0.717, 1.165) is 117 Å². The zero-order chi connectivity index (χ0) is 61.7. The zero-order valence-corrected chi connectivity index (χ0v) is 52.3. The molecular formula is C86H64BN3O2. The molecule has 5 heterocycles. The molecule has 0 radical (unpaired) electrons. The Hall–Kier alpha value is -11.1. The fourth-order valence-corrected chi connectivity index (χ4v) is 15.1. The summed E-state index contributed by atoms with van der Waals surface area (Å²) in [6.45, 7) is 13.5. The second-order valence-corrected chi connectivity index (χ2v) is 27.2. The molecule has 92 heavy (non-hydrogen) atoms. The molecule has 2 aliphatic heterocycles. The van der Waals surface area contributed by atoms with E-state index in [1.807, 2.05) is 0 Å². The maximum absolute atomic E-state index is 6.52. The van der Waals surface area contributed by atoms with Crippen LogP contribution in [0.3, 0.4) is 0 Å². The maximum Gasteiger partial charge on any atom is 0.252 e. The topological polar surface area (TPSA) is 37.7 Å². The van der Waals surface area contributed by atoms with Gasteiger partial charge < -0.3 is 23.2 Å². The molecule has 0 aliphatic carbocycles. The Morgan fingerprint density at radius 2 is 0.652 bits per heavy atom. The van der Waals surface area contributed by atoms with E-state index in [9.17, 15) is 0 Å². The lowest BCUT2D eigenvalue weighted by atomic mass is 9.33. The molecule has 0 bridgehead atoms. The van der Waals surface area contributed by atoms with Gasteiger partial charge in [-0.3, -0.25) is 0 Å². The minimum Gasteiger partial charge on any atom is -0.456 e. The van der Waals surface area contributed by atoms with Crippen LogP contribution in [0.2, 0.25) is 0 Å². The van der Waals surface area contributed by atoms with Crippen LogP contribution < -0.4 is 26.2 Å². The SMILES string of the molecule is CC(C)(C)c1ccc(-c2ccc(N3c4cc(-n5c6ccccc6c6ccccc65)cc5c4B(c4cccc(-c6ccc7oc8ccccc8c7c6)c43)c3cccc(-c4ccc6oc7ccccc7c6c4)c3N5c3ccc(-c4ccc(C(C)(C)C)cc4)cc3)cc2)cc1. The third kappa shape index (κ3) is 8.40. The number of para-hydroxylation sites is 6. The molecule has 3 aromatic heterocycles. The van der Waals surface area contributed by atoms with Gasteiger partial charge in [-0.25, -0.2) is 0 Å². The molecule has 0 N–H and O–H groups in total. The number of rotatable bonds is 7. The van der Waals surface area contributed by atoms with Crippen LogP contribution in [0.25, 0.3) is 116 Å². The molecular weight excluding hydrogens is 1120 g/mol. The Kier molecular flexibility index (Phi) is 11.8. The molecule has 18 rings (SSSR count). The van der Waals surface area contributed by atoms with E-state index >= 15 is 0 Å². The van der Waals surface area contributed by atoms with Crippen molar-refractivity contribution in [3.05, 3.63) is 290 Å². The fourth-order valence-electron chi connectivity index (χ4n) is 15.1. The lowest BCUT2D eigenvalue weighted by Gasteiger charge is -2.45. The highest BCUT2D eigenvalue weighted by molar-refractivity contribution is 7.00. The van der Waals surface area contributed by atoms with E-state index in [0.29, 0.717) is 0 Å². The minimum atomic E-state index is -0.206. The Labute approximate surface area is 535 Å². The van der Waals surface area contributed by atoms with Crippen LogP contribution in [0.5, 0.6) is 0 Å². The summed E-state index contributed by atoms with van der Waals surface area (Å²) in [5, 5.41) is 6.81. The number of benzene rings is 13. The number of aromatic nitrogens is 1. The van der Waals surface area contributed by atoms with E-state index in [4.69, 9.17) is 8.83 Å². The first kappa shape index (κ1) is 53.9. The van der Waals surface area contributed by atoms with Gasteiger partial charge in [-0.05, 0) is 157 Å². The van der Waals surface area contributed by atoms with Crippen LogP contribution in [0, 0.1) is 0 Å². The van der Waals surface area contributed by atoms with Gasteiger partial charge in [0.25, 0.3) is 6.71 Å². The maximum atomic E-state index is 6.52. The number of nitrogens with zero attached hydrogens (tertiary/aromatic N) is 3. The van der Waals surface area contributed by atoms with E-state index < -0.39 is 0 Å². The lowest BCUT2D eigenvalue weighted by Crippen LogP contribution is -2.61. The molecule has 438 valence electrons. The second-order valence-electron chi connectivity index (χ2n) is 27.2. The van der Waals surface area contributed by atoms with Crippen molar-refractivity contribution < 1.29 is 8.83 Å². The smallest absolute Gasteiger partial charge is 0.252 e. The monoisotopic (exact) mass is 1180 g/mol. The summed E-state index contributed by atoms with van der Waals surface area (Å²) < 4.78 is 15.5. The van der Waals surface area contributed by atoms with Crippen molar-refractivity contribution in [2.75, 3.05) is 9.80 Å². The van der Waals surface area contributed by atoms with Crippen LogP contribution >= 0.6 is 0 Å². The van der Waals surface area contributed by atoms with E-state index in [2.05, 4.69) is 335 Å². The Balaban J connectivity index is 0.944. The second kappa shape index (κ2) is 20.2. The lowest BCUT2D eigenvalue weighted by molar-refractivity contribution is 0.590. The van der Waals surface area contributed by atoms with Crippen molar-refractivity contribution in [3.8, 4) is 50.2 Å². The minimum absolute atomic E-state index is 0.0473. The highest BCUT2D eigenvalue weighted by Crippen LogP contribution is 2.52. The zero-order valence-electron chi connectivity index (χ0n) is 52.3. The van der Waals surface area contributed by atoms with Crippen LogP contribution in [0.1, 0.15) is 52.7 Å². The largest absolute Gasteiger partial charge is 0.456 e. The van der Waals surface area contributed by atoms with E-state index in [1.54, 1.807) is 0 Å². The van der Waals surface area contributed by atoms with Crippen molar-refractivity contribution >= 4 is 123 Å². The summed E-state index contributed by atoms with van der Waals surface area (Å²) >= 11 is 0. The first-order chi connectivity index (χ1) is 44.9. The molecule has 2 aliphatic rings. The Morgan fingerprint density at radius 3 is 1.07 bits per heavy atom. The number of hydrogen-bond acceptors (Lipinski definition) is 4. The van der Waals surface area contributed by atoms with Crippen molar-refractivity contribution in [1.29, 1.82) is 0 Å². The first-order valence-corrected chi connectivity index (χ1v) is 32.2. The quantitative estimate of drug-likeness (QED) is 0.149. The molecule has 0 fully saturated rings. The summed E-state index contributed by atoms with van der Waals surface area (Å²) in [6, 6.07) is 104. The molecule has 0 unspecified atom stereocenters. The number of fused-ring (bicyclic) bond motifs is 13. The van der Waals surface area contributed by atoms with E-state index in [-0.39, 0.29) is 17.5 Å². The highest BCUT2D eigenvalue weighted by Gasteiger charge is 2.46. The number of anilines is 6. The predicted octanol–water partition coefficient (Wildman–Crippen LogP) is 21.9. The molecule has 13 aromatic carbocycles. The predicted molar refractivity (Wildman–Crippen MR) is 389 cm³/mol. The molecule has 0 spiro atoms. The third-order valence-corrected chi connectivity index (χ3v) is 19.7. The van der Waals surface area contributed by atoms with Gasteiger partial charge in [0.1, 0.15) is 22.3 Å². The molecule has 0 saturated heterocycles. The fraction of sp³-hybridized carbons (Fsp3) is 0.0930. The van der Waals surface area contributed by atoms with Crippen LogP contribution in [-0.4, -0.2) is 11.3 Å². The molecule has 0 saturated carbocycles. The molecule has 16 aromatic rings. The van der Waals surface area contributed by atoms with Crippen molar-refractivity contribution in [2.45, 2.75) is 52.4 Å². The van der Waals surface area contributed by atoms with Crippen molar-refractivity contribution in [3.63, 3.8) is 0 Å². The van der Waals surface area contributed by atoms with Gasteiger partial charge in [0.15, 0.2) is 0 Å². The summed E-state index contributed by atoms with van der Waals surface area (Å²) in [5.74, 6) is 0. The van der Waals surface area contributed by atoms with Gasteiger partial charge in [-0.1, -0.05) is 236 Å². The first-order valence-electron chi connectivity index (χ1n) is 32.2. The molecule has 6 heteroatoms. The van der Waals surface area contributed by atoms with Crippen LogP contribution in [0.15, 0.2) is 288 Å². The Bertz CT molecular complexity index is 5310. The van der Waals surface area contributed by atoms with Gasteiger partial charge in [-0.15, -0.1) is 0 Å². The van der Waals surface area contributed by atoms with Crippen molar-refractivity contribution in [2.24, 2.45) is 0 Å². The molecule has 0 atom stereocenters. The Morgan fingerprint density at radius 1 is 0.293 bits per heavy atom. The summed E-state index contributed by atoms with van der Waals surface area (Å²) in [4.78, 5) is 5.19. The number of furan rings is 2. The standard InChI is InChI=1S/C86H64BN3O2/c1-85(2,3)59-39-29-53(30-40-59)55-33-43-61(44-34-55)89-76-51-63(88-74-25-11-7-17-66(74)67-18-8-12-26-75(67)88)52-77-82(76)87(72-23-15-21-64(83(72)89)57-37-47-80-70(49-57)68-19-9-13-27-78(68)91-80)73-24-16-22-65(58-38-48-81-71(50-58)69-20-10-14-28-79(69)92-81)84(73)90(77)62-45-35-56(36-46-62)54-31-41-60(42-32-54)86(4,5)6/h7-52H,1-6H3. The third-order valence-electron chi connectivity index (χ3n) is 19.7. The average Bonchev–Trinajstić information content (AvgIpc) is 0.698. The van der Waals surface area contributed by atoms with Gasteiger partial charge in [-0.2, -0.15) is 0 Å². The normalized spacial score (nSPS) is 13.0. The molecule has 5 nitrogen and oxygen atoms in total. The number of hydrogen-bond donors (Lipinski definition) is 0. The average molecular weight is 1180 g/mol. The summed E-state index contributed by atoms with van der Waals surface area (Å²) in [7, 11) is 0.